The van der Waals surface area contributed by atoms with E-state index in [1.54, 1.807) is 0 Å². The van der Waals surface area contributed by atoms with Gasteiger partial charge in [-0.2, -0.15) is 6.42 Å². The maximum absolute atomic E-state index is 7.75. The molecule has 2 nitrogen and oxygen atoms in total. The van der Waals surface area contributed by atoms with Crippen LogP contribution in [-0.2, 0) is 4.79 Å². The van der Waals surface area contributed by atoms with Crippen LogP contribution < -0.4 is 0 Å². The van der Waals surface area contributed by atoms with Crippen LogP contribution in [0.2, 0.25) is 0 Å². The summed E-state index contributed by atoms with van der Waals surface area (Å²) in [4.78, 5) is 10.1. The van der Waals surface area contributed by atoms with E-state index in [1.165, 1.54) is 25.9 Å². The van der Waals surface area contributed by atoms with Crippen molar-refractivity contribution < 1.29 is 35.9 Å². The normalized spacial score (nSPS) is 18.1. The van der Waals surface area contributed by atoms with Gasteiger partial charge in [-0.1, -0.05) is 6.42 Å². The van der Waals surface area contributed by atoms with Gasteiger partial charge in [0.1, 0.15) is 0 Å². The van der Waals surface area contributed by atoms with Gasteiger partial charge in [0.25, 0.3) is 0 Å². The second-order valence-corrected chi connectivity index (χ2v) is 2.19. The fraction of sp³-hybridized carbons (Fsp3) is 0.714. The third-order valence-electron chi connectivity index (χ3n) is 1.39. The Labute approximate surface area is 86.7 Å². The van der Waals surface area contributed by atoms with E-state index in [0.29, 0.717) is 0 Å². The van der Waals surface area contributed by atoms with E-state index < -0.39 is 0 Å². The van der Waals surface area contributed by atoms with Gasteiger partial charge in [-0.25, -0.2) is 0 Å². The molecule has 0 amide bonds. The van der Waals surface area contributed by atoms with Gasteiger partial charge in [-0.05, 0) is 13.6 Å². The van der Waals surface area contributed by atoms with Crippen molar-refractivity contribution in [2.24, 2.45) is 0 Å². The number of likely N-dealkylation sites (tertiary alicyclic amines) is 1. The van der Waals surface area contributed by atoms with Crippen molar-refractivity contribution in [2.45, 2.75) is 12.8 Å². The Morgan fingerprint density at radius 1 is 1.50 bits per heavy atom. The Bertz CT molecular complexity index is 64.6. The minimum absolute atomic E-state index is 0. The molecule has 1 aliphatic rings. The molecular weight excluding hydrogens is 352 g/mol. The molecule has 0 atom stereocenters. The Balaban J connectivity index is 0. The zero-order valence-electron chi connectivity index (χ0n) is 6.34. The zero-order chi connectivity index (χ0) is 7.11. The molecule has 1 rings (SSSR count). The number of hydrogen-bond donors (Lipinski definition) is 0. The largest absolute Gasteiger partial charge is 2.00 e. The van der Waals surface area contributed by atoms with Gasteiger partial charge in [-0.15, -0.1) is 6.54 Å². The molecule has 0 aromatic heterocycles. The Morgan fingerprint density at radius 2 is 2.10 bits per heavy atom. The molecule has 56 valence electrons. The molecule has 10 heavy (non-hydrogen) atoms. The Kier molecular flexibility index (Phi) is 12.9. The molecule has 0 unspecified atom stereocenters. The van der Waals surface area contributed by atoms with E-state index >= 15 is 0 Å². The quantitative estimate of drug-likeness (QED) is 0.464. The van der Waals surface area contributed by atoms with Gasteiger partial charge in [0.2, 0.25) is 0 Å². The van der Waals surface area contributed by atoms with Crippen LogP contribution in [0.15, 0.2) is 0 Å². The van der Waals surface area contributed by atoms with E-state index in [9.17, 15) is 0 Å². The fourth-order valence-electron chi connectivity index (χ4n) is 0.909. The van der Waals surface area contributed by atoms with Crippen molar-refractivity contribution in [2.75, 3.05) is 20.1 Å². The summed E-state index contributed by atoms with van der Waals surface area (Å²) in [5.41, 5.74) is 0. The number of nitrogens with zero attached hydrogens (tertiary/aromatic N) is 1. The molecule has 0 aliphatic carbocycles. The first kappa shape index (κ1) is 13.3. The number of hydrogen-bond acceptors (Lipinski definition) is 2. The van der Waals surface area contributed by atoms with Gasteiger partial charge in [-0.3, -0.25) is 6.79 Å². The first-order valence-corrected chi connectivity index (χ1v) is 3.13. The third kappa shape index (κ3) is 6.80. The van der Waals surface area contributed by atoms with E-state index in [1.807, 2.05) is 0 Å². The first-order chi connectivity index (χ1) is 4.39. The summed E-state index contributed by atoms with van der Waals surface area (Å²) in [6, 6.07) is 0. The maximum atomic E-state index is 7.75. The van der Waals surface area contributed by atoms with E-state index in [4.69, 9.17) is 4.79 Å². The minimum Gasteiger partial charge on any atom is -0.545 e. The van der Waals surface area contributed by atoms with Crippen LogP contribution >= 0.6 is 0 Å². The predicted molar refractivity (Wildman–Crippen MR) is 37.8 cm³/mol. The molecule has 0 saturated carbocycles. The molecule has 0 aromatic carbocycles. The smallest absolute Gasteiger partial charge is 0.545 e. The van der Waals surface area contributed by atoms with Gasteiger partial charge in [0, 0.05) is 0 Å². The number of rotatable bonds is 0. The molecule has 0 spiro atoms. The SMILES string of the molecule is CN1C[CH-]CCC1.[CH-]=O.[U+2]. The topological polar surface area (TPSA) is 20.3 Å². The Morgan fingerprint density at radius 3 is 2.30 bits per heavy atom. The maximum Gasteiger partial charge on any atom is 2.00 e. The predicted octanol–water partition coefficient (Wildman–Crippen LogP) is 0.642. The molecule has 1 aliphatic heterocycles. The van der Waals surface area contributed by atoms with Crippen LogP contribution in [0.3, 0.4) is 0 Å². The summed E-state index contributed by atoms with van der Waals surface area (Å²) < 4.78 is 0. The Hall–Kier alpha value is 0.682. The molecule has 3 heteroatoms. The third-order valence-corrected chi connectivity index (χ3v) is 1.39. The summed E-state index contributed by atoms with van der Waals surface area (Å²) in [7, 11) is 2.16. The van der Waals surface area contributed by atoms with Gasteiger partial charge in [0.15, 0.2) is 0 Å². The van der Waals surface area contributed by atoms with Gasteiger partial charge < -0.3 is 16.1 Å². The van der Waals surface area contributed by atoms with E-state index in [0.717, 1.165) is 0 Å². The average molecular weight is 365 g/mol. The molecular formula is C7H13NOU. The van der Waals surface area contributed by atoms with E-state index in [-0.39, 0.29) is 31.1 Å². The van der Waals surface area contributed by atoms with E-state index in [2.05, 4.69) is 25.2 Å². The van der Waals surface area contributed by atoms with Crippen LogP contribution in [0.5, 0.6) is 0 Å². The summed E-state index contributed by atoms with van der Waals surface area (Å²) >= 11 is 0. The average Bonchev–Trinajstić information content (AvgIpc) is 1.94. The van der Waals surface area contributed by atoms with Crippen LogP contribution in [0, 0.1) is 37.5 Å². The molecule has 0 radical (unpaired) electrons. The van der Waals surface area contributed by atoms with Crippen molar-refractivity contribution in [1.29, 1.82) is 0 Å². The second kappa shape index (κ2) is 9.68. The molecule has 0 N–H and O–H groups in total. The minimum atomic E-state index is 0. The van der Waals surface area contributed by atoms with Gasteiger partial charge >= 0.3 is 31.1 Å². The summed E-state index contributed by atoms with van der Waals surface area (Å²) in [6.07, 6.45) is 5.02. The van der Waals surface area contributed by atoms with Crippen molar-refractivity contribution in [3.63, 3.8) is 0 Å². The molecule has 0 bridgehead atoms. The first-order valence-electron chi connectivity index (χ1n) is 3.13. The van der Waals surface area contributed by atoms with Crippen molar-refractivity contribution in [1.82, 2.24) is 4.90 Å². The second-order valence-electron chi connectivity index (χ2n) is 2.19. The van der Waals surface area contributed by atoms with Crippen LogP contribution in [0.4, 0.5) is 0 Å². The van der Waals surface area contributed by atoms with Crippen molar-refractivity contribution in [3.05, 3.63) is 6.42 Å². The molecule has 1 fully saturated rings. The number of piperidine rings is 1. The van der Waals surface area contributed by atoms with Crippen molar-refractivity contribution >= 4 is 6.79 Å². The van der Waals surface area contributed by atoms with Crippen LogP contribution in [-0.4, -0.2) is 31.8 Å². The monoisotopic (exact) mass is 365 g/mol. The van der Waals surface area contributed by atoms with Crippen molar-refractivity contribution in [3.8, 4) is 0 Å². The van der Waals surface area contributed by atoms with Gasteiger partial charge in [0.05, 0.1) is 0 Å². The summed E-state index contributed by atoms with van der Waals surface area (Å²) in [5.74, 6) is 0. The standard InChI is InChI=1S/C6H12N.CHO.U/c1-7-5-3-2-4-6-7;1-2;/h3H,2,4-6H2,1H3;1H;/q2*-1;+2. The molecule has 1 saturated heterocycles. The van der Waals surface area contributed by atoms with Crippen LogP contribution in [0.25, 0.3) is 0 Å². The zero-order valence-corrected chi connectivity index (χ0v) is 10.5. The molecule has 0 aromatic rings. The van der Waals surface area contributed by atoms with Crippen LogP contribution in [0.1, 0.15) is 12.8 Å². The summed E-state index contributed by atoms with van der Waals surface area (Å²) in [5, 5.41) is 0. The molecule has 1 heterocycles. The number of carbonyl (C=O) groups excluding carboxylic acids is 1. The fourth-order valence-corrected chi connectivity index (χ4v) is 0.909. The summed E-state index contributed by atoms with van der Waals surface area (Å²) in [6.45, 7) is 5.73.